The molecule has 1 atom stereocenters. The van der Waals surface area contributed by atoms with E-state index in [9.17, 15) is 0 Å². The van der Waals surface area contributed by atoms with Gasteiger partial charge in [0.2, 0.25) is 0 Å². The summed E-state index contributed by atoms with van der Waals surface area (Å²) in [6.45, 7) is 9.19. The summed E-state index contributed by atoms with van der Waals surface area (Å²) in [6.07, 6.45) is 5.78. The van der Waals surface area contributed by atoms with Crippen molar-refractivity contribution in [3.8, 4) is 0 Å². The van der Waals surface area contributed by atoms with Crippen molar-refractivity contribution in [2.24, 2.45) is 5.92 Å². The minimum absolute atomic E-state index is 0.488. The van der Waals surface area contributed by atoms with Crippen LogP contribution in [0.1, 0.15) is 32.6 Å². The van der Waals surface area contributed by atoms with Gasteiger partial charge < -0.3 is 10.1 Å². The summed E-state index contributed by atoms with van der Waals surface area (Å²) in [5, 5.41) is 3.44. The molecule has 2 heterocycles. The summed E-state index contributed by atoms with van der Waals surface area (Å²) in [6, 6.07) is 0. The lowest BCUT2D eigenvalue weighted by Crippen LogP contribution is -2.43. The molecule has 0 unspecified atom stereocenters. The van der Waals surface area contributed by atoms with E-state index in [1.807, 2.05) is 0 Å². The Labute approximate surface area is 99.5 Å². The highest BCUT2D eigenvalue weighted by atomic mass is 16.5. The van der Waals surface area contributed by atoms with Gasteiger partial charge in [-0.15, -0.1) is 0 Å². The van der Waals surface area contributed by atoms with Crippen molar-refractivity contribution in [2.75, 3.05) is 39.3 Å². The van der Waals surface area contributed by atoms with Gasteiger partial charge in [-0.1, -0.05) is 6.92 Å². The molecule has 0 aliphatic carbocycles. The Bertz CT molecular complexity index is 192. The highest BCUT2D eigenvalue weighted by Crippen LogP contribution is 2.17. The zero-order valence-corrected chi connectivity index (χ0v) is 10.6. The van der Waals surface area contributed by atoms with Crippen LogP contribution in [0.25, 0.3) is 0 Å². The van der Waals surface area contributed by atoms with Crippen LogP contribution < -0.4 is 5.32 Å². The maximum absolute atomic E-state index is 5.70. The Kier molecular flexibility index (Phi) is 5.07. The molecule has 2 fully saturated rings. The zero-order chi connectivity index (χ0) is 11.2. The van der Waals surface area contributed by atoms with Crippen molar-refractivity contribution in [3.63, 3.8) is 0 Å². The summed E-state index contributed by atoms with van der Waals surface area (Å²) in [5.74, 6) is 0.962. The number of hydrogen-bond acceptors (Lipinski definition) is 3. The zero-order valence-electron chi connectivity index (χ0n) is 10.6. The van der Waals surface area contributed by atoms with E-state index in [1.54, 1.807) is 0 Å². The minimum atomic E-state index is 0.488. The number of rotatable bonds is 4. The number of morpholine rings is 1. The highest BCUT2D eigenvalue weighted by Gasteiger charge is 2.20. The second kappa shape index (κ2) is 6.58. The van der Waals surface area contributed by atoms with Gasteiger partial charge in [-0.2, -0.15) is 0 Å². The number of nitrogens with one attached hydrogen (secondary N) is 1. The van der Waals surface area contributed by atoms with Crippen LogP contribution in [-0.4, -0.2) is 50.3 Å². The van der Waals surface area contributed by atoms with Crippen molar-refractivity contribution in [1.29, 1.82) is 0 Å². The molecule has 94 valence electrons. The van der Waals surface area contributed by atoms with E-state index in [-0.39, 0.29) is 0 Å². The first-order chi connectivity index (χ1) is 7.88. The third-order valence-corrected chi connectivity index (χ3v) is 3.99. The van der Waals surface area contributed by atoms with Crippen LogP contribution in [0.3, 0.4) is 0 Å². The number of ether oxygens (including phenoxy) is 1. The minimum Gasteiger partial charge on any atom is -0.376 e. The monoisotopic (exact) mass is 226 g/mol. The smallest absolute Gasteiger partial charge is 0.0700 e. The van der Waals surface area contributed by atoms with E-state index in [2.05, 4.69) is 17.1 Å². The molecule has 0 amide bonds. The summed E-state index contributed by atoms with van der Waals surface area (Å²) < 4.78 is 5.70. The molecular weight excluding hydrogens is 200 g/mol. The number of nitrogens with zero attached hydrogens (tertiary/aromatic N) is 1. The fourth-order valence-electron chi connectivity index (χ4n) is 2.77. The highest BCUT2D eigenvalue weighted by molar-refractivity contribution is 4.74. The average molecular weight is 226 g/mol. The van der Waals surface area contributed by atoms with Crippen LogP contribution in [-0.2, 0) is 4.74 Å². The maximum Gasteiger partial charge on any atom is 0.0700 e. The molecule has 0 aromatic carbocycles. The van der Waals surface area contributed by atoms with Gasteiger partial charge in [0.15, 0.2) is 0 Å². The summed E-state index contributed by atoms with van der Waals surface area (Å²) in [5.41, 5.74) is 0. The predicted octanol–water partition coefficient (Wildman–Crippen LogP) is 1.49. The molecule has 0 aromatic heterocycles. The SMILES string of the molecule is CC[C@@H]1CN(CCC2CCNCC2)CCO1. The third kappa shape index (κ3) is 3.72. The Hall–Kier alpha value is -0.120. The van der Waals surface area contributed by atoms with Crippen molar-refractivity contribution in [2.45, 2.75) is 38.7 Å². The van der Waals surface area contributed by atoms with Gasteiger partial charge in [-0.25, -0.2) is 0 Å². The van der Waals surface area contributed by atoms with E-state index in [1.165, 1.54) is 38.9 Å². The molecule has 3 heteroatoms. The number of piperidine rings is 1. The molecule has 0 spiro atoms. The largest absolute Gasteiger partial charge is 0.376 e. The maximum atomic E-state index is 5.70. The van der Waals surface area contributed by atoms with E-state index < -0.39 is 0 Å². The molecule has 0 aromatic rings. The molecule has 16 heavy (non-hydrogen) atoms. The van der Waals surface area contributed by atoms with Crippen molar-refractivity contribution >= 4 is 0 Å². The van der Waals surface area contributed by atoms with Crippen LogP contribution in [0.4, 0.5) is 0 Å². The molecule has 2 saturated heterocycles. The van der Waals surface area contributed by atoms with Crippen LogP contribution in [0.15, 0.2) is 0 Å². The topological polar surface area (TPSA) is 24.5 Å². The Morgan fingerprint density at radius 1 is 1.31 bits per heavy atom. The lowest BCUT2D eigenvalue weighted by atomic mass is 9.94. The Morgan fingerprint density at radius 3 is 2.88 bits per heavy atom. The van der Waals surface area contributed by atoms with Gasteiger partial charge in [-0.3, -0.25) is 4.90 Å². The quantitative estimate of drug-likeness (QED) is 0.786. The molecule has 2 aliphatic rings. The normalized spacial score (nSPS) is 29.4. The van der Waals surface area contributed by atoms with Crippen molar-refractivity contribution < 1.29 is 4.74 Å². The second-order valence-corrected chi connectivity index (χ2v) is 5.18. The van der Waals surface area contributed by atoms with Gasteiger partial charge in [0.1, 0.15) is 0 Å². The summed E-state index contributed by atoms with van der Waals surface area (Å²) >= 11 is 0. The molecule has 2 aliphatic heterocycles. The van der Waals surface area contributed by atoms with Crippen molar-refractivity contribution in [1.82, 2.24) is 10.2 Å². The fourth-order valence-corrected chi connectivity index (χ4v) is 2.77. The third-order valence-electron chi connectivity index (χ3n) is 3.99. The molecule has 0 radical (unpaired) electrons. The molecular formula is C13H26N2O. The van der Waals surface area contributed by atoms with E-state index >= 15 is 0 Å². The van der Waals surface area contributed by atoms with E-state index in [0.717, 1.165) is 32.0 Å². The summed E-state index contributed by atoms with van der Waals surface area (Å²) in [4.78, 5) is 2.60. The molecule has 1 N–H and O–H groups in total. The van der Waals surface area contributed by atoms with Crippen LogP contribution in [0, 0.1) is 5.92 Å². The molecule has 0 bridgehead atoms. The number of hydrogen-bond donors (Lipinski definition) is 1. The summed E-state index contributed by atoms with van der Waals surface area (Å²) in [7, 11) is 0. The van der Waals surface area contributed by atoms with E-state index in [0.29, 0.717) is 6.10 Å². The predicted molar refractivity (Wildman–Crippen MR) is 66.7 cm³/mol. The average Bonchev–Trinajstić information content (AvgIpc) is 2.38. The lowest BCUT2D eigenvalue weighted by Gasteiger charge is -2.33. The van der Waals surface area contributed by atoms with E-state index in [4.69, 9.17) is 4.74 Å². The van der Waals surface area contributed by atoms with Gasteiger partial charge >= 0.3 is 0 Å². The Morgan fingerprint density at radius 2 is 2.12 bits per heavy atom. The van der Waals surface area contributed by atoms with Gasteiger partial charge in [0.05, 0.1) is 12.7 Å². The van der Waals surface area contributed by atoms with Gasteiger partial charge in [0, 0.05) is 13.1 Å². The van der Waals surface area contributed by atoms with Crippen molar-refractivity contribution in [3.05, 3.63) is 0 Å². The Balaban J connectivity index is 1.64. The van der Waals surface area contributed by atoms with Crippen LogP contribution in [0.2, 0.25) is 0 Å². The van der Waals surface area contributed by atoms with Gasteiger partial charge in [0.25, 0.3) is 0 Å². The lowest BCUT2D eigenvalue weighted by molar-refractivity contribution is -0.0312. The second-order valence-electron chi connectivity index (χ2n) is 5.18. The van der Waals surface area contributed by atoms with Crippen LogP contribution in [0.5, 0.6) is 0 Å². The fraction of sp³-hybridized carbons (Fsp3) is 1.00. The molecule has 0 saturated carbocycles. The van der Waals surface area contributed by atoms with Crippen LogP contribution >= 0.6 is 0 Å². The first kappa shape index (κ1) is 12.3. The molecule has 2 rings (SSSR count). The first-order valence-electron chi connectivity index (χ1n) is 6.93. The molecule has 3 nitrogen and oxygen atoms in total. The standard InChI is InChI=1S/C13H26N2O/c1-2-13-11-15(9-10-16-13)8-5-12-3-6-14-7-4-12/h12-14H,2-11H2,1H3/t13-/m1/s1. The van der Waals surface area contributed by atoms with Gasteiger partial charge in [-0.05, 0) is 51.2 Å². The first-order valence-corrected chi connectivity index (χ1v) is 6.93.